The second kappa shape index (κ2) is 7.09. The minimum Gasteiger partial charge on any atom is -0.345 e. The second-order valence-corrected chi connectivity index (χ2v) is 7.03. The van der Waals surface area contributed by atoms with Crippen LogP contribution in [0.5, 0.6) is 0 Å². The van der Waals surface area contributed by atoms with Gasteiger partial charge in [-0.2, -0.15) is 11.8 Å². The largest absolute Gasteiger partial charge is 0.345 e. The summed E-state index contributed by atoms with van der Waals surface area (Å²) in [6.45, 7) is 2.08. The molecule has 0 radical (unpaired) electrons. The molecule has 0 spiro atoms. The van der Waals surface area contributed by atoms with Crippen molar-refractivity contribution in [1.29, 1.82) is 0 Å². The molecule has 0 aliphatic heterocycles. The van der Waals surface area contributed by atoms with E-state index in [2.05, 4.69) is 29.7 Å². The van der Waals surface area contributed by atoms with Crippen LogP contribution in [-0.4, -0.2) is 34.3 Å². The maximum Gasteiger partial charge on any atom is 0.253 e. The van der Waals surface area contributed by atoms with Gasteiger partial charge in [0.2, 0.25) is 0 Å². The average Bonchev–Trinajstić information content (AvgIpc) is 2.99. The number of carbonyl (C=O) groups is 1. The Hall–Kier alpha value is -2.27. The van der Waals surface area contributed by atoms with Crippen molar-refractivity contribution in [2.45, 2.75) is 18.4 Å². The maximum atomic E-state index is 12.0. The van der Waals surface area contributed by atoms with Gasteiger partial charge in [-0.05, 0) is 36.2 Å². The molecular weight excluding hydrogens is 318 g/mol. The summed E-state index contributed by atoms with van der Waals surface area (Å²) in [6, 6.07) is 12.0. The summed E-state index contributed by atoms with van der Waals surface area (Å²) < 4.78 is 2.07. The lowest BCUT2D eigenvalue weighted by Crippen LogP contribution is -2.21. The molecule has 1 amide bonds. The van der Waals surface area contributed by atoms with Crippen LogP contribution in [0.3, 0.4) is 0 Å². The number of rotatable bonds is 5. The SMILES string of the molecule is Cc1cccn2cc(CSCc3cccc(C(=O)N(C)C)c3)nc12. The zero-order chi connectivity index (χ0) is 17.1. The average molecular weight is 339 g/mol. The summed E-state index contributed by atoms with van der Waals surface area (Å²) in [4.78, 5) is 18.3. The van der Waals surface area contributed by atoms with Gasteiger partial charge >= 0.3 is 0 Å². The predicted molar refractivity (Wildman–Crippen MR) is 99.4 cm³/mol. The molecule has 1 aromatic carbocycles. The number of pyridine rings is 1. The molecule has 3 aromatic rings. The highest BCUT2D eigenvalue weighted by Gasteiger charge is 2.08. The Morgan fingerprint density at radius 3 is 2.79 bits per heavy atom. The first kappa shape index (κ1) is 16.6. The zero-order valence-corrected chi connectivity index (χ0v) is 15.0. The maximum absolute atomic E-state index is 12.0. The van der Waals surface area contributed by atoms with Crippen LogP contribution in [-0.2, 0) is 11.5 Å². The lowest BCUT2D eigenvalue weighted by atomic mass is 10.1. The number of benzene rings is 1. The van der Waals surface area contributed by atoms with Gasteiger partial charge in [0.15, 0.2) is 0 Å². The molecule has 0 atom stereocenters. The third-order valence-electron chi connectivity index (χ3n) is 3.83. The Balaban J connectivity index is 1.64. The fourth-order valence-electron chi connectivity index (χ4n) is 2.60. The number of aryl methyl sites for hydroxylation is 1. The van der Waals surface area contributed by atoms with Gasteiger partial charge in [0, 0.05) is 43.6 Å². The summed E-state index contributed by atoms with van der Waals surface area (Å²) in [6.07, 6.45) is 4.11. The first-order valence-corrected chi connectivity index (χ1v) is 9.01. The van der Waals surface area contributed by atoms with Crippen molar-refractivity contribution in [3.8, 4) is 0 Å². The van der Waals surface area contributed by atoms with Crippen LogP contribution < -0.4 is 0 Å². The monoisotopic (exact) mass is 339 g/mol. The van der Waals surface area contributed by atoms with Crippen LogP contribution >= 0.6 is 11.8 Å². The van der Waals surface area contributed by atoms with E-state index in [0.717, 1.165) is 34.0 Å². The van der Waals surface area contributed by atoms with E-state index in [9.17, 15) is 4.79 Å². The van der Waals surface area contributed by atoms with Crippen molar-refractivity contribution in [3.05, 3.63) is 71.2 Å². The molecule has 0 fully saturated rings. The number of amides is 1. The van der Waals surface area contributed by atoms with Crippen LogP contribution in [0.25, 0.3) is 5.65 Å². The zero-order valence-electron chi connectivity index (χ0n) is 14.2. The van der Waals surface area contributed by atoms with Gasteiger partial charge in [-0.25, -0.2) is 4.98 Å². The Morgan fingerprint density at radius 2 is 2.04 bits per heavy atom. The van der Waals surface area contributed by atoms with Crippen LogP contribution in [0.1, 0.15) is 27.2 Å². The summed E-state index contributed by atoms with van der Waals surface area (Å²) in [7, 11) is 3.55. The fraction of sp³-hybridized carbons (Fsp3) is 0.263. The van der Waals surface area contributed by atoms with Crippen molar-refractivity contribution in [1.82, 2.24) is 14.3 Å². The molecule has 0 N–H and O–H groups in total. The first-order chi connectivity index (χ1) is 11.5. The molecule has 0 unspecified atom stereocenters. The molecule has 2 heterocycles. The van der Waals surface area contributed by atoms with Gasteiger partial charge in [0.1, 0.15) is 5.65 Å². The molecule has 2 aromatic heterocycles. The van der Waals surface area contributed by atoms with Crippen LogP contribution in [0, 0.1) is 6.92 Å². The summed E-state index contributed by atoms with van der Waals surface area (Å²) in [5.41, 5.74) is 5.18. The molecule has 0 aliphatic rings. The number of hydrogen-bond donors (Lipinski definition) is 0. The van der Waals surface area contributed by atoms with Crippen molar-refractivity contribution in [3.63, 3.8) is 0 Å². The standard InChI is InChI=1S/C19H21N3OS/c1-14-6-5-9-22-11-17(20-18(14)22)13-24-12-15-7-4-8-16(10-15)19(23)21(2)3/h4-11H,12-13H2,1-3H3. The van der Waals surface area contributed by atoms with Crippen molar-refractivity contribution in [2.24, 2.45) is 0 Å². The molecule has 0 aliphatic carbocycles. The van der Waals surface area contributed by atoms with Crippen molar-refractivity contribution >= 4 is 23.3 Å². The van der Waals surface area contributed by atoms with E-state index >= 15 is 0 Å². The molecule has 24 heavy (non-hydrogen) atoms. The van der Waals surface area contributed by atoms with Gasteiger partial charge in [-0.15, -0.1) is 0 Å². The van der Waals surface area contributed by atoms with Crippen molar-refractivity contribution in [2.75, 3.05) is 14.1 Å². The Labute approximate surface area is 146 Å². The molecule has 4 nitrogen and oxygen atoms in total. The van der Waals surface area contributed by atoms with E-state index in [1.165, 1.54) is 5.56 Å². The van der Waals surface area contributed by atoms with E-state index in [1.54, 1.807) is 19.0 Å². The number of thioether (sulfide) groups is 1. The van der Waals surface area contributed by atoms with Crippen molar-refractivity contribution < 1.29 is 4.79 Å². The van der Waals surface area contributed by atoms with Gasteiger partial charge in [0.05, 0.1) is 5.69 Å². The Bertz CT molecular complexity index is 870. The first-order valence-electron chi connectivity index (χ1n) is 7.86. The van der Waals surface area contributed by atoms with E-state index in [4.69, 9.17) is 4.98 Å². The normalized spacial score (nSPS) is 11.0. The van der Waals surface area contributed by atoms with Gasteiger partial charge < -0.3 is 9.30 Å². The predicted octanol–water partition coefficient (Wildman–Crippen LogP) is 3.78. The summed E-state index contributed by atoms with van der Waals surface area (Å²) >= 11 is 1.81. The summed E-state index contributed by atoms with van der Waals surface area (Å²) in [5, 5.41) is 0. The third-order valence-corrected chi connectivity index (χ3v) is 4.86. The van der Waals surface area contributed by atoms with Crippen LogP contribution in [0.15, 0.2) is 48.8 Å². The minimum absolute atomic E-state index is 0.0395. The minimum atomic E-state index is 0.0395. The fourth-order valence-corrected chi connectivity index (χ4v) is 3.47. The number of carbonyl (C=O) groups excluding carboxylic acids is 1. The second-order valence-electron chi connectivity index (χ2n) is 6.05. The van der Waals surface area contributed by atoms with E-state index < -0.39 is 0 Å². The quantitative estimate of drug-likeness (QED) is 0.710. The van der Waals surface area contributed by atoms with Crippen LogP contribution in [0.2, 0.25) is 0 Å². The third kappa shape index (κ3) is 3.62. The van der Waals surface area contributed by atoms with Gasteiger partial charge in [-0.3, -0.25) is 4.79 Å². The molecular formula is C19H21N3OS. The smallest absolute Gasteiger partial charge is 0.253 e. The Morgan fingerprint density at radius 1 is 1.21 bits per heavy atom. The molecule has 0 saturated carbocycles. The summed E-state index contributed by atoms with van der Waals surface area (Å²) in [5.74, 6) is 1.76. The van der Waals surface area contributed by atoms with Gasteiger partial charge in [0.25, 0.3) is 5.91 Å². The highest BCUT2D eigenvalue weighted by atomic mass is 32.2. The highest BCUT2D eigenvalue weighted by Crippen LogP contribution is 2.20. The highest BCUT2D eigenvalue weighted by molar-refractivity contribution is 7.97. The molecule has 5 heteroatoms. The van der Waals surface area contributed by atoms with Gasteiger partial charge in [-0.1, -0.05) is 18.2 Å². The molecule has 3 rings (SSSR count). The van der Waals surface area contributed by atoms with E-state index in [0.29, 0.717) is 0 Å². The van der Waals surface area contributed by atoms with Crippen LogP contribution in [0.4, 0.5) is 0 Å². The topological polar surface area (TPSA) is 37.6 Å². The molecule has 0 saturated heterocycles. The Kier molecular flexibility index (Phi) is 4.90. The lowest BCUT2D eigenvalue weighted by molar-refractivity contribution is 0.0827. The lowest BCUT2D eigenvalue weighted by Gasteiger charge is -2.11. The van der Waals surface area contributed by atoms with E-state index in [-0.39, 0.29) is 5.91 Å². The number of hydrogen-bond acceptors (Lipinski definition) is 3. The number of fused-ring (bicyclic) bond motifs is 1. The molecule has 0 bridgehead atoms. The number of aromatic nitrogens is 2. The number of nitrogens with zero attached hydrogens (tertiary/aromatic N) is 3. The number of imidazole rings is 1. The van der Waals surface area contributed by atoms with E-state index in [1.807, 2.05) is 42.2 Å². The molecule has 124 valence electrons.